The number of methoxy groups -OCH3 is 1. The molecular formula is C15H18N4O2. The van der Waals surface area contributed by atoms with Crippen LogP contribution in [0.5, 0.6) is 0 Å². The molecule has 6 nitrogen and oxygen atoms in total. The quantitative estimate of drug-likeness (QED) is 0.845. The molecule has 0 bridgehead atoms. The van der Waals surface area contributed by atoms with Crippen molar-refractivity contribution < 1.29 is 9.53 Å². The Morgan fingerprint density at radius 3 is 2.71 bits per heavy atom. The highest BCUT2D eigenvalue weighted by Gasteiger charge is 2.17. The first kappa shape index (κ1) is 14.8. The lowest BCUT2D eigenvalue weighted by atomic mass is 10.2. The first-order valence-corrected chi connectivity index (χ1v) is 6.65. The van der Waals surface area contributed by atoms with Crippen molar-refractivity contribution >= 4 is 17.5 Å². The maximum Gasteiger partial charge on any atom is 0.340 e. The molecule has 2 rings (SSSR count). The number of hydrogen-bond donors (Lipinski definition) is 1. The van der Waals surface area contributed by atoms with E-state index in [1.165, 1.54) is 7.11 Å². The fourth-order valence-corrected chi connectivity index (χ4v) is 2.03. The number of carbonyl (C=O) groups excluding carboxylic acids is 1. The van der Waals surface area contributed by atoms with Crippen molar-refractivity contribution in [1.82, 2.24) is 9.97 Å². The summed E-state index contributed by atoms with van der Waals surface area (Å²) in [5.41, 5.74) is 7.61. The fourth-order valence-electron chi connectivity index (χ4n) is 2.03. The van der Waals surface area contributed by atoms with Crippen molar-refractivity contribution in [1.29, 1.82) is 0 Å². The minimum Gasteiger partial charge on any atom is -0.465 e. The minimum absolute atomic E-state index is 0.321. The number of nitrogens with zero attached hydrogens (tertiary/aromatic N) is 3. The van der Waals surface area contributed by atoms with Crippen LogP contribution in [0.15, 0.2) is 36.7 Å². The van der Waals surface area contributed by atoms with E-state index in [1.54, 1.807) is 18.5 Å². The van der Waals surface area contributed by atoms with Gasteiger partial charge in [0.05, 0.1) is 30.6 Å². The van der Waals surface area contributed by atoms with Crippen LogP contribution < -0.4 is 10.6 Å². The predicted molar refractivity (Wildman–Crippen MR) is 80.9 cm³/mol. The maximum atomic E-state index is 11.7. The monoisotopic (exact) mass is 286 g/mol. The molecule has 0 radical (unpaired) electrons. The molecule has 2 aromatic rings. The Bertz CT molecular complexity index is 616. The molecule has 0 fully saturated rings. The van der Waals surface area contributed by atoms with Gasteiger partial charge in [0.25, 0.3) is 0 Å². The van der Waals surface area contributed by atoms with Gasteiger partial charge in [-0.25, -0.2) is 9.78 Å². The van der Waals surface area contributed by atoms with Gasteiger partial charge < -0.3 is 15.4 Å². The molecule has 0 aromatic carbocycles. The Morgan fingerprint density at radius 2 is 2.10 bits per heavy atom. The molecule has 0 amide bonds. The van der Waals surface area contributed by atoms with E-state index in [9.17, 15) is 4.79 Å². The number of nitrogen functional groups attached to an aromatic ring is 1. The zero-order valence-electron chi connectivity index (χ0n) is 12.1. The predicted octanol–water partition coefficient (Wildman–Crippen LogP) is 1.87. The lowest BCUT2D eigenvalue weighted by Crippen LogP contribution is -2.25. The highest BCUT2D eigenvalue weighted by atomic mass is 16.5. The number of carbonyl (C=O) groups is 1. The van der Waals surface area contributed by atoms with Crippen LogP contribution in [0.2, 0.25) is 0 Å². The molecular weight excluding hydrogens is 268 g/mol. The molecule has 0 aliphatic carbocycles. The number of hydrogen-bond acceptors (Lipinski definition) is 6. The van der Waals surface area contributed by atoms with Gasteiger partial charge in [0.1, 0.15) is 0 Å². The number of anilines is 2. The average Bonchev–Trinajstić information content (AvgIpc) is 2.53. The van der Waals surface area contributed by atoms with Crippen LogP contribution >= 0.6 is 0 Å². The Kier molecular flexibility index (Phi) is 4.71. The molecule has 6 heteroatoms. The van der Waals surface area contributed by atoms with Crippen LogP contribution in [-0.4, -0.2) is 29.6 Å². The molecule has 0 aliphatic rings. The van der Waals surface area contributed by atoms with Gasteiger partial charge >= 0.3 is 5.97 Å². The molecule has 110 valence electrons. The topological polar surface area (TPSA) is 81.3 Å². The van der Waals surface area contributed by atoms with E-state index in [0.29, 0.717) is 30.2 Å². The molecule has 0 atom stereocenters. The summed E-state index contributed by atoms with van der Waals surface area (Å²) in [5.74, 6) is 0.0936. The Hall–Kier alpha value is -2.63. The molecule has 0 aliphatic heterocycles. The van der Waals surface area contributed by atoms with Crippen molar-refractivity contribution in [2.45, 2.75) is 13.5 Å². The van der Waals surface area contributed by atoms with Crippen molar-refractivity contribution in [3.63, 3.8) is 0 Å². The smallest absolute Gasteiger partial charge is 0.340 e. The summed E-state index contributed by atoms with van der Waals surface area (Å²) in [6.07, 6.45) is 3.30. The number of nitrogens with two attached hydrogens (primary N) is 1. The van der Waals surface area contributed by atoms with E-state index in [0.717, 1.165) is 5.69 Å². The van der Waals surface area contributed by atoms with Crippen molar-refractivity contribution in [3.8, 4) is 0 Å². The van der Waals surface area contributed by atoms with Crippen molar-refractivity contribution in [2.24, 2.45) is 0 Å². The van der Waals surface area contributed by atoms with Gasteiger partial charge in [-0.05, 0) is 25.1 Å². The second-order valence-corrected chi connectivity index (χ2v) is 4.42. The lowest BCUT2D eigenvalue weighted by Gasteiger charge is -2.23. The van der Waals surface area contributed by atoms with Gasteiger partial charge in [-0.2, -0.15) is 0 Å². The van der Waals surface area contributed by atoms with Crippen LogP contribution in [0.1, 0.15) is 23.0 Å². The van der Waals surface area contributed by atoms with E-state index >= 15 is 0 Å². The third-order valence-corrected chi connectivity index (χ3v) is 3.13. The summed E-state index contributed by atoms with van der Waals surface area (Å²) in [5, 5.41) is 0. The number of esters is 1. The van der Waals surface area contributed by atoms with Gasteiger partial charge in [-0.1, -0.05) is 6.07 Å². The van der Waals surface area contributed by atoms with E-state index in [4.69, 9.17) is 10.5 Å². The van der Waals surface area contributed by atoms with Crippen LogP contribution in [0, 0.1) is 0 Å². The zero-order chi connectivity index (χ0) is 15.2. The van der Waals surface area contributed by atoms with E-state index in [1.807, 2.05) is 30.0 Å². The standard InChI is InChI=1S/C15H18N4O2/c1-3-19(10-11-6-4-5-8-17-11)14-13(16)12(7-9-18-14)15(20)21-2/h4-9H,3,10,16H2,1-2H3. The molecule has 2 N–H and O–H groups in total. The van der Waals surface area contributed by atoms with E-state index in [2.05, 4.69) is 9.97 Å². The first-order chi connectivity index (χ1) is 10.2. The summed E-state index contributed by atoms with van der Waals surface area (Å²) >= 11 is 0. The van der Waals surface area contributed by atoms with Crippen LogP contribution in [-0.2, 0) is 11.3 Å². The first-order valence-electron chi connectivity index (χ1n) is 6.65. The summed E-state index contributed by atoms with van der Waals surface area (Å²) in [7, 11) is 1.33. The van der Waals surface area contributed by atoms with Crippen LogP contribution in [0.3, 0.4) is 0 Å². The lowest BCUT2D eigenvalue weighted by molar-refractivity contribution is 0.0602. The molecule has 0 saturated heterocycles. The molecule has 0 saturated carbocycles. The van der Waals surface area contributed by atoms with Crippen LogP contribution in [0.4, 0.5) is 11.5 Å². The summed E-state index contributed by atoms with van der Waals surface area (Å²) < 4.78 is 4.73. The minimum atomic E-state index is -0.468. The van der Waals surface area contributed by atoms with Crippen molar-refractivity contribution in [2.75, 3.05) is 24.3 Å². The third-order valence-electron chi connectivity index (χ3n) is 3.13. The second-order valence-electron chi connectivity index (χ2n) is 4.42. The molecule has 0 spiro atoms. The van der Waals surface area contributed by atoms with Gasteiger partial charge in [-0.15, -0.1) is 0 Å². The highest BCUT2D eigenvalue weighted by Crippen LogP contribution is 2.25. The number of rotatable bonds is 5. The average molecular weight is 286 g/mol. The van der Waals surface area contributed by atoms with Gasteiger partial charge in [0, 0.05) is 18.9 Å². The normalized spacial score (nSPS) is 10.2. The van der Waals surface area contributed by atoms with Gasteiger partial charge in [0.15, 0.2) is 5.82 Å². The summed E-state index contributed by atoms with van der Waals surface area (Å²) in [4.78, 5) is 22.2. The van der Waals surface area contributed by atoms with Gasteiger partial charge in [-0.3, -0.25) is 4.98 Å². The van der Waals surface area contributed by atoms with Gasteiger partial charge in [0.2, 0.25) is 0 Å². The number of pyridine rings is 2. The van der Waals surface area contributed by atoms with Crippen LogP contribution in [0.25, 0.3) is 0 Å². The Morgan fingerprint density at radius 1 is 1.29 bits per heavy atom. The van der Waals surface area contributed by atoms with E-state index in [-0.39, 0.29) is 0 Å². The maximum absolute atomic E-state index is 11.7. The zero-order valence-corrected chi connectivity index (χ0v) is 12.1. The highest BCUT2D eigenvalue weighted by molar-refractivity contribution is 5.97. The second kappa shape index (κ2) is 6.69. The fraction of sp³-hybridized carbons (Fsp3) is 0.267. The summed E-state index contributed by atoms with van der Waals surface area (Å²) in [6, 6.07) is 7.28. The molecule has 0 unspecified atom stereocenters. The van der Waals surface area contributed by atoms with Crippen molar-refractivity contribution in [3.05, 3.63) is 47.9 Å². The molecule has 2 heterocycles. The largest absolute Gasteiger partial charge is 0.465 e. The molecule has 21 heavy (non-hydrogen) atoms. The molecule has 2 aromatic heterocycles. The summed E-state index contributed by atoms with van der Waals surface area (Å²) in [6.45, 7) is 3.26. The number of aromatic nitrogens is 2. The number of ether oxygens (including phenoxy) is 1. The van der Waals surface area contributed by atoms with E-state index < -0.39 is 5.97 Å². The SMILES string of the molecule is CCN(Cc1ccccn1)c1nccc(C(=O)OC)c1N. The Labute approximate surface area is 123 Å². The third kappa shape index (κ3) is 3.28. The Balaban J connectivity index is 2.32.